The molecule has 9 heteroatoms. The molecule has 0 saturated carbocycles. The van der Waals surface area contributed by atoms with Crippen molar-refractivity contribution in [3.05, 3.63) is 101 Å². The molecule has 1 aliphatic rings. The van der Waals surface area contributed by atoms with Crippen LogP contribution in [-0.4, -0.2) is 33.7 Å². The van der Waals surface area contributed by atoms with Crippen molar-refractivity contribution in [3.63, 3.8) is 0 Å². The minimum Gasteiger partial charge on any atom is -0.488 e. The quantitative estimate of drug-likeness (QED) is 0.184. The SMILES string of the molecule is CCCC1=NC(CC)(NC=O)N(c2ccc(OC(C)(C)C)cc2)C=C1Cc1ccc(-c2ccccc2-c2noc(=O)[nH]2)cc1. The van der Waals surface area contributed by atoms with Crippen molar-refractivity contribution in [3.8, 4) is 28.3 Å². The Balaban J connectivity index is 1.48. The highest BCUT2D eigenvalue weighted by atomic mass is 16.5. The minimum atomic E-state index is -0.933. The van der Waals surface area contributed by atoms with E-state index >= 15 is 0 Å². The smallest absolute Gasteiger partial charge is 0.439 e. The van der Waals surface area contributed by atoms with E-state index < -0.39 is 11.5 Å². The van der Waals surface area contributed by atoms with Crippen LogP contribution < -0.4 is 20.7 Å². The van der Waals surface area contributed by atoms with Crippen molar-refractivity contribution in [2.24, 2.45) is 4.99 Å². The lowest BCUT2D eigenvalue weighted by Gasteiger charge is -2.43. The summed E-state index contributed by atoms with van der Waals surface area (Å²) in [7, 11) is 0. The molecule has 0 saturated heterocycles. The molecule has 1 amide bonds. The summed E-state index contributed by atoms with van der Waals surface area (Å²) in [4.78, 5) is 33.3. The second-order valence-corrected chi connectivity index (χ2v) is 11.8. The van der Waals surface area contributed by atoms with Gasteiger partial charge in [0.05, 0.1) is 0 Å². The van der Waals surface area contributed by atoms with Crippen LogP contribution in [0.25, 0.3) is 22.5 Å². The van der Waals surface area contributed by atoms with Gasteiger partial charge >= 0.3 is 5.76 Å². The normalized spacial score (nSPS) is 16.7. The number of anilines is 1. The monoisotopic (exact) mass is 593 g/mol. The zero-order chi connectivity index (χ0) is 31.3. The van der Waals surface area contributed by atoms with Crippen LogP contribution in [0, 0.1) is 0 Å². The van der Waals surface area contributed by atoms with Crippen molar-refractivity contribution in [2.75, 3.05) is 4.90 Å². The highest BCUT2D eigenvalue weighted by Crippen LogP contribution is 2.35. The molecule has 228 valence electrons. The van der Waals surface area contributed by atoms with Gasteiger partial charge in [-0.25, -0.2) is 9.79 Å². The first-order chi connectivity index (χ1) is 21.1. The van der Waals surface area contributed by atoms with Crippen molar-refractivity contribution < 1.29 is 14.1 Å². The lowest BCUT2D eigenvalue weighted by atomic mass is 9.93. The fourth-order valence-corrected chi connectivity index (χ4v) is 5.46. The Bertz CT molecular complexity index is 1710. The number of amides is 1. The molecule has 0 fully saturated rings. The summed E-state index contributed by atoms with van der Waals surface area (Å²) < 4.78 is 10.8. The standard InChI is InChI=1S/C35H39N5O4/c1-6-10-31-26(21-24-13-15-25(16-14-24)29-11-8-9-12-30(29)32-37-33(42)44-39-32)22-40(35(7-2,38-31)36-23-41)27-17-19-28(20-18-27)43-34(3,4)5/h8-9,11-20,22-23H,6-7,10,21H2,1-5H3,(H,36,41)(H,37,39,42). The third-order valence-corrected chi connectivity index (χ3v) is 7.46. The molecule has 1 aliphatic heterocycles. The summed E-state index contributed by atoms with van der Waals surface area (Å²) in [6, 6.07) is 24.0. The van der Waals surface area contributed by atoms with Crippen molar-refractivity contribution in [1.29, 1.82) is 0 Å². The molecule has 1 unspecified atom stereocenters. The van der Waals surface area contributed by atoms with Crippen molar-refractivity contribution in [1.82, 2.24) is 15.5 Å². The van der Waals surface area contributed by atoms with E-state index in [0.717, 1.165) is 64.2 Å². The molecule has 44 heavy (non-hydrogen) atoms. The molecule has 4 aromatic rings. The molecule has 0 aliphatic carbocycles. The number of ether oxygens (including phenoxy) is 1. The van der Waals surface area contributed by atoms with E-state index in [1.807, 2.05) is 76.2 Å². The van der Waals surface area contributed by atoms with Gasteiger partial charge in [-0.2, -0.15) is 0 Å². The molecule has 0 bridgehead atoms. The molecule has 9 nitrogen and oxygen atoms in total. The fourth-order valence-electron chi connectivity index (χ4n) is 5.46. The van der Waals surface area contributed by atoms with Crippen LogP contribution in [0.15, 0.2) is 98.9 Å². The Labute approximate surface area is 257 Å². The second kappa shape index (κ2) is 12.8. The fraction of sp³-hybridized carbons (Fsp3) is 0.314. The number of rotatable bonds is 11. The average Bonchev–Trinajstić information content (AvgIpc) is 3.44. The number of hydrogen-bond acceptors (Lipinski definition) is 7. The van der Waals surface area contributed by atoms with Crippen molar-refractivity contribution >= 4 is 17.8 Å². The van der Waals surface area contributed by atoms with Crippen LogP contribution in [0.4, 0.5) is 5.69 Å². The van der Waals surface area contributed by atoms with Crippen LogP contribution in [0.2, 0.25) is 0 Å². The molecule has 1 atom stereocenters. The number of carbonyl (C=O) groups is 1. The van der Waals surface area contributed by atoms with E-state index in [9.17, 15) is 9.59 Å². The lowest BCUT2D eigenvalue weighted by Crippen LogP contribution is -2.57. The van der Waals surface area contributed by atoms with E-state index in [0.29, 0.717) is 18.7 Å². The number of benzene rings is 3. The van der Waals surface area contributed by atoms with Gasteiger partial charge in [0.25, 0.3) is 0 Å². The van der Waals surface area contributed by atoms with Gasteiger partial charge in [-0.05, 0) is 73.7 Å². The molecule has 2 N–H and O–H groups in total. The summed E-state index contributed by atoms with van der Waals surface area (Å²) in [6.45, 7) is 10.2. The maximum atomic E-state index is 11.9. The summed E-state index contributed by atoms with van der Waals surface area (Å²) in [5.74, 6) is -0.352. The number of H-pyrrole nitrogens is 1. The van der Waals surface area contributed by atoms with Gasteiger partial charge in [-0.15, -0.1) is 0 Å². The first kappa shape index (κ1) is 30.5. The number of aromatic amines is 1. The van der Waals surface area contributed by atoms with Gasteiger partial charge in [-0.3, -0.25) is 14.3 Å². The van der Waals surface area contributed by atoms with Gasteiger partial charge in [0.15, 0.2) is 5.82 Å². The van der Waals surface area contributed by atoms with E-state index in [1.54, 1.807) is 0 Å². The predicted octanol–water partition coefficient (Wildman–Crippen LogP) is 6.87. The number of carbonyl (C=O) groups excluding carboxylic acids is 1. The summed E-state index contributed by atoms with van der Waals surface area (Å²) in [5.41, 5.74) is 6.50. The Morgan fingerprint density at radius 3 is 2.30 bits per heavy atom. The van der Waals surface area contributed by atoms with E-state index in [4.69, 9.17) is 14.3 Å². The van der Waals surface area contributed by atoms with Gasteiger partial charge < -0.3 is 15.0 Å². The van der Waals surface area contributed by atoms with E-state index in [-0.39, 0.29) is 5.60 Å². The van der Waals surface area contributed by atoms with Gasteiger partial charge in [0.1, 0.15) is 11.4 Å². The Hall–Kier alpha value is -4.92. The molecular weight excluding hydrogens is 554 g/mol. The maximum Gasteiger partial charge on any atom is 0.439 e. The first-order valence-corrected chi connectivity index (χ1v) is 15.0. The Morgan fingerprint density at radius 2 is 1.70 bits per heavy atom. The van der Waals surface area contributed by atoms with E-state index in [1.165, 1.54) is 0 Å². The summed E-state index contributed by atoms with van der Waals surface area (Å²) >= 11 is 0. The molecule has 0 spiro atoms. The van der Waals surface area contributed by atoms with Crippen LogP contribution >= 0.6 is 0 Å². The third-order valence-electron chi connectivity index (χ3n) is 7.46. The topological polar surface area (TPSA) is 113 Å². The molecule has 1 aromatic heterocycles. The van der Waals surface area contributed by atoms with Gasteiger partial charge in [0.2, 0.25) is 12.2 Å². The zero-order valence-corrected chi connectivity index (χ0v) is 25.9. The van der Waals surface area contributed by atoms with Crippen LogP contribution in [0.1, 0.15) is 59.4 Å². The molecule has 0 radical (unpaired) electrons. The summed E-state index contributed by atoms with van der Waals surface area (Å²) in [5, 5.41) is 6.89. The maximum absolute atomic E-state index is 11.9. The summed E-state index contributed by atoms with van der Waals surface area (Å²) in [6.07, 6.45) is 5.82. The highest BCUT2D eigenvalue weighted by Gasteiger charge is 2.38. The number of hydrogen-bond donors (Lipinski definition) is 2. The Morgan fingerprint density at radius 1 is 1.00 bits per heavy atom. The predicted molar refractivity (Wildman–Crippen MR) is 174 cm³/mol. The number of aliphatic imine (C=N–C) groups is 1. The number of nitrogens with one attached hydrogen (secondary N) is 2. The zero-order valence-electron chi connectivity index (χ0n) is 25.9. The number of aromatic nitrogens is 2. The van der Waals surface area contributed by atoms with Gasteiger partial charge in [0, 0.05) is 36.0 Å². The van der Waals surface area contributed by atoms with Crippen LogP contribution in [0.5, 0.6) is 5.75 Å². The first-order valence-electron chi connectivity index (χ1n) is 15.0. The highest BCUT2D eigenvalue weighted by molar-refractivity contribution is 6.02. The van der Waals surface area contributed by atoms with E-state index in [2.05, 4.69) is 57.7 Å². The molecular formula is C35H39N5O4. The largest absolute Gasteiger partial charge is 0.488 e. The molecule has 3 aromatic carbocycles. The average molecular weight is 594 g/mol. The molecule has 2 heterocycles. The van der Waals surface area contributed by atoms with Gasteiger partial charge in [-0.1, -0.05) is 74.0 Å². The van der Waals surface area contributed by atoms with Crippen LogP contribution in [0.3, 0.4) is 0 Å². The molecule has 5 rings (SSSR count). The second-order valence-electron chi connectivity index (χ2n) is 11.8. The lowest BCUT2D eigenvalue weighted by molar-refractivity contribution is -0.111. The van der Waals surface area contributed by atoms with Crippen molar-refractivity contribution in [2.45, 2.75) is 71.7 Å². The van der Waals surface area contributed by atoms with Crippen LogP contribution in [-0.2, 0) is 11.2 Å². The minimum absolute atomic E-state index is 0.308. The third kappa shape index (κ3) is 6.67. The number of nitrogens with zero attached hydrogens (tertiary/aromatic N) is 3. The number of allylic oxidation sites excluding steroid dienone is 1. The Kier molecular flexibility index (Phi) is 8.85.